The van der Waals surface area contributed by atoms with Crippen LogP contribution in [0.25, 0.3) is 0 Å². The van der Waals surface area contributed by atoms with Crippen molar-refractivity contribution in [1.29, 1.82) is 0 Å². The predicted octanol–water partition coefficient (Wildman–Crippen LogP) is 2.94. The summed E-state index contributed by atoms with van der Waals surface area (Å²) in [6.07, 6.45) is -1.19. The van der Waals surface area contributed by atoms with Crippen molar-refractivity contribution in [3.63, 3.8) is 0 Å². The molecule has 1 fully saturated rings. The van der Waals surface area contributed by atoms with Crippen LogP contribution in [0.4, 0.5) is 26.7 Å². The minimum atomic E-state index is -3.63. The fraction of sp³-hybridized carbons (Fsp3) is 0.300. The van der Waals surface area contributed by atoms with Crippen LogP contribution < -0.4 is 5.32 Å². The molecule has 0 bridgehead atoms. The van der Waals surface area contributed by atoms with E-state index in [4.69, 9.17) is 0 Å². The molecule has 0 radical (unpaired) electrons. The Morgan fingerprint density at radius 2 is 1.74 bits per heavy atom. The lowest BCUT2D eigenvalue weighted by Crippen LogP contribution is -2.50. The Bertz CT molecular complexity index is 511. The van der Waals surface area contributed by atoms with Crippen molar-refractivity contribution in [2.45, 2.75) is 12.0 Å². The molecule has 106 valence electrons. The fourth-order valence-corrected chi connectivity index (χ4v) is 1.57. The van der Waals surface area contributed by atoms with E-state index >= 15 is 0 Å². The van der Waals surface area contributed by atoms with Crippen LogP contribution in [-0.2, 0) is 4.74 Å². The first-order valence-electron chi connectivity index (χ1n) is 4.77. The largest absolute Gasteiger partial charge is 0.443 e. The molecule has 0 aliphatic carbocycles. The maximum absolute atomic E-state index is 13.4. The average molecular weight is 304 g/mol. The molecule has 1 aliphatic heterocycles. The van der Waals surface area contributed by atoms with Crippen molar-refractivity contribution < 1.29 is 31.5 Å². The normalized spacial score (nSPS) is 21.1. The first-order valence-corrected chi connectivity index (χ1v) is 4.77. The molecule has 1 saturated heterocycles. The van der Waals surface area contributed by atoms with Crippen molar-refractivity contribution in [1.82, 2.24) is 5.32 Å². The highest BCUT2D eigenvalue weighted by Crippen LogP contribution is 2.36. The van der Waals surface area contributed by atoms with Crippen LogP contribution in [0.1, 0.15) is 11.6 Å². The zero-order valence-corrected chi connectivity index (χ0v) is 9.87. The molecule has 2 rings (SSSR count). The number of cyclic esters (lactones) is 1. The van der Waals surface area contributed by atoms with Gasteiger partial charge >= 0.3 is 12.0 Å². The zero-order valence-electron chi connectivity index (χ0n) is 9.05. The standard InChI is InChI=1S/C10H6F5NO2.ClH/c11-5-2-7(13)6(12)1-4(5)8-10(14,15)3-18-9(17)16-8;/h1-2,8H,3H2,(H,16,17);1H/t8-;/m1./s1. The van der Waals surface area contributed by atoms with E-state index in [0.29, 0.717) is 0 Å². The molecule has 3 nitrogen and oxygen atoms in total. The molecule has 1 aromatic carbocycles. The summed E-state index contributed by atoms with van der Waals surface area (Å²) in [6, 6.07) is -1.68. The summed E-state index contributed by atoms with van der Waals surface area (Å²) >= 11 is 0. The number of halogens is 6. The van der Waals surface area contributed by atoms with Gasteiger partial charge in [-0.1, -0.05) is 0 Å². The fourth-order valence-electron chi connectivity index (χ4n) is 1.57. The van der Waals surface area contributed by atoms with Crippen molar-refractivity contribution in [3.05, 3.63) is 35.1 Å². The number of carbonyl (C=O) groups excluding carboxylic acids is 1. The van der Waals surface area contributed by atoms with Crippen LogP contribution in [0.5, 0.6) is 0 Å². The highest BCUT2D eigenvalue weighted by atomic mass is 35.5. The number of nitrogens with one attached hydrogen (secondary N) is 1. The molecule has 1 aliphatic rings. The number of rotatable bonds is 1. The number of benzene rings is 1. The van der Waals surface area contributed by atoms with Gasteiger partial charge in [0.15, 0.2) is 18.2 Å². The van der Waals surface area contributed by atoms with Crippen LogP contribution in [-0.4, -0.2) is 18.6 Å². The van der Waals surface area contributed by atoms with E-state index in [9.17, 15) is 26.7 Å². The summed E-state index contributed by atoms with van der Waals surface area (Å²) in [5, 5.41) is 1.67. The van der Waals surface area contributed by atoms with Crippen molar-refractivity contribution in [3.8, 4) is 0 Å². The van der Waals surface area contributed by atoms with Gasteiger partial charge in [0.1, 0.15) is 11.9 Å². The number of carbonyl (C=O) groups is 1. The van der Waals surface area contributed by atoms with Crippen LogP contribution in [0.3, 0.4) is 0 Å². The molecule has 9 heteroatoms. The maximum atomic E-state index is 13.4. The van der Waals surface area contributed by atoms with Crippen molar-refractivity contribution in [2.24, 2.45) is 0 Å². The van der Waals surface area contributed by atoms with Crippen molar-refractivity contribution in [2.75, 3.05) is 6.61 Å². The van der Waals surface area contributed by atoms with E-state index in [2.05, 4.69) is 4.74 Å². The number of hydrogen-bond donors (Lipinski definition) is 1. The molecule has 1 aromatic rings. The van der Waals surface area contributed by atoms with Gasteiger partial charge in [-0.25, -0.2) is 26.7 Å². The van der Waals surface area contributed by atoms with Gasteiger partial charge in [-0.2, -0.15) is 0 Å². The Labute approximate surface area is 110 Å². The van der Waals surface area contributed by atoms with Crippen LogP contribution in [0.2, 0.25) is 0 Å². The summed E-state index contributed by atoms with van der Waals surface area (Å²) < 4.78 is 69.9. The highest BCUT2D eigenvalue weighted by molar-refractivity contribution is 5.85. The third kappa shape index (κ3) is 2.89. The average Bonchev–Trinajstić information content (AvgIpc) is 2.27. The lowest BCUT2D eigenvalue weighted by atomic mass is 9.99. The Kier molecular flexibility index (Phi) is 4.24. The number of alkyl carbamates (subject to hydrolysis) is 1. The molecule has 19 heavy (non-hydrogen) atoms. The second-order valence-electron chi connectivity index (χ2n) is 3.70. The van der Waals surface area contributed by atoms with E-state index in [1.165, 1.54) is 0 Å². The molecule has 1 amide bonds. The van der Waals surface area contributed by atoms with Gasteiger partial charge in [-0.15, -0.1) is 12.4 Å². The van der Waals surface area contributed by atoms with Gasteiger partial charge in [-0.05, 0) is 6.07 Å². The van der Waals surface area contributed by atoms with E-state index in [1.807, 2.05) is 0 Å². The van der Waals surface area contributed by atoms with E-state index in [-0.39, 0.29) is 24.5 Å². The molecule has 0 spiro atoms. The van der Waals surface area contributed by atoms with Crippen LogP contribution in [0.15, 0.2) is 12.1 Å². The van der Waals surface area contributed by atoms with E-state index in [1.54, 1.807) is 5.32 Å². The predicted molar refractivity (Wildman–Crippen MR) is 55.7 cm³/mol. The topological polar surface area (TPSA) is 38.3 Å². The third-order valence-electron chi connectivity index (χ3n) is 2.43. The Balaban J connectivity index is 0.00000180. The minimum absolute atomic E-state index is 0. The number of alkyl halides is 2. The highest BCUT2D eigenvalue weighted by Gasteiger charge is 2.48. The summed E-state index contributed by atoms with van der Waals surface area (Å²) in [4.78, 5) is 10.8. The van der Waals surface area contributed by atoms with Crippen LogP contribution >= 0.6 is 12.4 Å². The van der Waals surface area contributed by atoms with Gasteiger partial charge in [0.05, 0.1) is 0 Å². The van der Waals surface area contributed by atoms with Gasteiger partial charge in [0.25, 0.3) is 0 Å². The molecule has 1 heterocycles. The second kappa shape index (κ2) is 5.20. The van der Waals surface area contributed by atoms with E-state index < -0.39 is 47.7 Å². The first-order chi connectivity index (χ1) is 8.31. The molecular formula is C10H7ClF5NO2. The Morgan fingerprint density at radius 3 is 2.37 bits per heavy atom. The smallest absolute Gasteiger partial charge is 0.408 e. The second-order valence-corrected chi connectivity index (χ2v) is 3.70. The van der Waals surface area contributed by atoms with Gasteiger partial charge < -0.3 is 10.1 Å². The quantitative estimate of drug-likeness (QED) is 0.640. The van der Waals surface area contributed by atoms with Gasteiger partial charge in [0, 0.05) is 11.6 Å². The van der Waals surface area contributed by atoms with E-state index in [0.717, 1.165) is 0 Å². The molecule has 1 atom stereocenters. The summed E-state index contributed by atoms with van der Waals surface area (Å²) in [6.45, 7) is -1.26. The SMILES string of the molecule is Cl.O=C1N[C@H](c2cc(F)c(F)cc2F)C(F)(F)CO1. The number of amides is 1. The van der Waals surface area contributed by atoms with Gasteiger partial charge in [-0.3, -0.25) is 0 Å². The number of ether oxygens (including phenoxy) is 1. The minimum Gasteiger partial charge on any atom is -0.443 e. The van der Waals surface area contributed by atoms with Gasteiger partial charge in [0.2, 0.25) is 0 Å². The lowest BCUT2D eigenvalue weighted by Gasteiger charge is -2.31. The van der Waals surface area contributed by atoms with Crippen LogP contribution in [0, 0.1) is 17.5 Å². The molecule has 0 unspecified atom stereocenters. The summed E-state index contributed by atoms with van der Waals surface area (Å²) in [7, 11) is 0. The lowest BCUT2D eigenvalue weighted by molar-refractivity contribution is -0.105. The number of hydrogen-bond acceptors (Lipinski definition) is 2. The van der Waals surface area contributed by atoms with Crippen molar-refractivity contribution >= 4 is 18.5 Å². The Hall–Kier alpha value is -1.57. The molecule has 0 saturated carbocycles. The first kappa shape index (κ1) is 15.5. The molecular weight excluding hydrogens is 297 g/mol. The summed E-state index contributed by atoms with van der Waals surface area (Å²) in [5.74, 6) is -7.99. The Morgan fingerprint density at radius 1 is 1.16 bits per heavy atom. The summed E-state index contributed by atoms with van der Waals surface area (Å²) in [5.41, 5.74) is -0.837. The monoisotopic (exact) mass is 303 g/mol. The maximum Gasteiger partial charge on any atom is 0.408 e. The molecule has 0 aromatic heterocycles. The zero-order chi connectivity index (χ0) is 13.5. The molecule has 1 N–H and O–H groups in total. The third-order valence-corrected chi connectivity index (χ3v) is 2.43.